The summed E-state index contributed by atoms with van der Waals surface area (Å²) in [5.41, 5.74) is -0.471. The molecule has 168 valence electrons. The van der Waals surface area contributed by atoms with Gasteiger partial charge in [0.1, 0.15) is 5.82 Å². The van der Waals surface area contributed by atoms with E-state index in [-0.39, 0.29) is 30.4 Å². The van der Waals surface area contributed by atoms with Gasteiger partial charge < -0.3 is 10.0 Å². The topological polar surface area (TPSA) is 90.8 Å². The molecule has 2 atom stereocenters. The van der Waals surface area contributed by atoms with Crippen LogP contribution in [0, 0.1) is 0 Å². The van der Waals surface area contributed by atoms with Crippen LogP contribution in [0.4, 0.5) is 19.0 Å². The number of anilines is 1. The van der Waals surface area contributed by atoms with Crippen LogP contribution in [-0.4, -0.2) is 54.0 Å². The Kier molecular flexibility index (Phi) is 6.28. The van der Waals surface area contributed by atoms with Gasteiger partial charge in [0.2, 0.25) is 10.0 Å². The first-order chi connectivity index (χ1) is 14.4. The van der Waals surface area contributed by atoms with Crippen LogP contribution in [0.2, 0.25) is 0 Å². The zero-order valence-corrected chi connectivity index (χ0v) is 17.7. The summed E-state index contributed by atoms with van der Waals surface area (Å²) in [6.07, 6.45) is -4.00. The predicted molar refractivity (Wildman–Crippen MR) is 107 cm³/mol. The Morgan fingerprint density at radius 2 is 1.87 bits per heavy atom. The lowest BCUT2D eigenvalue weighted by Gasteiger charge is -2.44. The number of carboxylic acid groups (broad SMARTS) is 1. The fraction of sp³-hybridized carbons (Fsp3) is 0.400. The quantitative estimate of drug-likeness (QED) is 0.742. The van der Waals surface area contributed by atoms with Crippen LogP contribution in [-0.2, 0) is 27.4 Å². The number of sulfonamides is 1. The fourth-order valence-corrected chi connectivity index (χ4v) is 5.38. The average molecular weight is 457 g/mol. The molecule has 1 N–H and O–H groups in total. The van der Waals surface area contributed by atoms with Crippen molar-refractivity contribution in [2.45, 2.75) is 43.4 Å². The largest absolute Gasteiger partial charge is 0.481 e. The van der Waals surface area contributed by atoms with Gasteiger partial charge in [0, 0.05) is 31.4 Å². The first kappa shape index (κ1) is 23.0. The third-order valence-corrected chi connectivity index (χ3v) is 7.42. The van der Waals surface area contributed by atoms with Gasteiger partial charge in [-0.3, -0.25) is 4.79 Å². The van der Waals surface area contributed by atoms with E-state index in [9.17, 15) is 26.4 Å². The lowest BCUT2D eigenvalue weighted by atomic mass is 10.1. The van der Waals surface area contributed by atoms with Gasteiger partial charge in [-0.25, -0.2) is 13.4 Å². The number of halogens is 3. The molecule has 7 nitrogen and oxygen atoms in total. The minimum atomic E-state index is -4.48. The molecule has 0 aliphatic carbocycles. The molecule has 3 rings (SSSR count). The van der Waals surface area contributed by atoms with E-state index in [1.807, 2.05) is 0 Å². The Bertz CT molecular complexity index is 1060. The number of hydrogen-bond acceptors (Lipinski definition) is 5. The monoisotopic (exact) mass is 457 g/mol. The van der Waals surface area contributed by atoms with E-state index in [1.165, 1.54) is 28.6 Å². The standard InChI is InChI=1S/C20H22F3N3O4S/c1-13-14(2)26(31(29,30)17-5-3-4-15(10-17)11-19(27)28)9-8-25(13)18-7-6-16(12-24-18)20(21,22)23/h3-7,10,12-14H,8-9,11H2,1-2H3,(H,27,28)/t13-,14+/m0/s1. The Morgan fingerprint density at radius 3 is 2.45 bits per heavy atom. The molecule has 0 bridgehead atoms. The summed E-state index contributed by atoms with van der Waals surface area (Å²) in [5.74, 6) is -0.720. The van der Waals surface area contributed by atoms with Gasteiger partial charge in [-0.2, -0.15) is 17.5 Å². The molecule has 1 saturated heterocycles. The van der Waals surface area contributed by atoms with Gasteiger partial charge in [0.05, 0.1) is 16.9 Å². The van der Waals surface area contributed by atoms with Crippen LogP contribution in [0.1, 0.15) is 25.0 Å². The molecule has 31 heavy (non-hydrogen) atoms. The number of hydrogen-bond donors (Lipinski definition) is 1. The lowest BCUT2D eigenvalue weighted by molar-refractivity contribution is -0.138. The molecule has 0 unspecified atom stereocenters. The van der Waals surface area contributed by atoms with Gasteiger partial charge in [0.25, 0.3) is 0 Å². The van der Waals surface area contributed by atoms with Gasteiger partial charge in [-0.1, -0.05) is 12.1 Å². The van der Waals surface area contributed by atoms with Crippen LogP contribution in [0.25, 0.3) is 0 Å². The summed E-state index contributed by atoms with van der Waals surface area (Å²) in [6.45, 7) is 3.86. The maximum Gasteiger partial charge on any atom is 0.417 e. The van der Waals surface area contributed by atoms with Gasteiger partial charge in [0.15, 0.2) is 0 Å². The second-order valence-corrected chi connectivity index (χ2v) is 9.30. The highest BCUT2D eigenvalue weighted by molar-refractivity contribution is 7.89. The summed E-state index contributed by atoms with van der Waals surface area (Å²) in [4.78, 5) is 16.6. The predicted octanol–water partition coefficient (Wildman–Crippen LogP) is 3.02. The molecule has 1 aliphatic heterocycles. The second-order valence-electron chi connectivity index (χ2n) is 7.41. The van der Waals surface area contributed by atoms with Crippen LogP contribution >= 0.6 is 0 Å². The molecule has 1 aromatic carbocycles. The molecule has 11 heteroatoms. The van der Waals surface area contributed by atoms with Crippen LogP contribution in [0.15, 0.2) is 47.5 Å². The van der Waals surface area contributed by atoms with E-state index in [0.717, 1.165) is 12.3 Å². The van der Waals surface area contributed by atoms with Crippen molar-refractivity contribution in [3.05, 3.63) is 53.7 Å². The number of aliphatic carboxylic acids is 1. The van der Waals surface area contributed by atoms with E-state index in [0.29, 0.717) is 11.4 Å². The number of alkyl halides is 3. The van der Waals surface area contributed by atoms with E-state index < -0.39 is 33.8 Å². The number of nitrogens with zero attached hydrogens (tertiary/aromatic N) is 3. The highest BCUT2D eigenvalue weighted by atomic mass is 32.2. The highest BCUT2D eigenvalue weighted by Crippen LogP contribution is 2.31. The SMILES string of the molecule is C[C@@H]1[C@H](C)N(c2ccc(C(F)(F)F)cn2)CCN1S(=O)(=O)c1cccc(CC(=O)O)c1. The number of aromatic nitrogens is 1. The number of carboxylic acids is 1. The number of carbonyl (C=O) groups is 1. The normalized spacial score (nSPS) is 20.6. The molecular formula is C20H22F3N3O4S. The van der Waals surface area contributed by atoms with Crippen molar-refractivity contribution >= 4 is 21.8 Å². The summed E-state index contributed by atoms with van der Waals surface area (Å²) >= 11 is 0. The van der Waals surface area contributed by atoms with Crippen LogP contribution in [0.3, 0.4) is 0 Å². The molecule has 2 heterocycles. The van der Waals surface area contributed by atoms with Crippen molar-refractivity contribution in [1.29, 1.82) is 0 Å². The molecule has 1 aromatic heterocycles. The maximum absolute atomic E-state index is 13.2. The van der Waals surface area contributed by atoms with Crippen molar-refractivity contribution in [2.24, 2.45) is 0 Å². The van der Waals surface area contributed by atoms with E-state index >= 15 is 0 Å². The fourth-order valence-electron chi connectivity index (χ4n) is 3.63. The lowest BCUT2D eigenvalue weighted by Crippen LogP contribution is -2.59. The Morgan fingerprint density at radius 1 is 1.16 bits per heavy atom. The molecule has 0 saturated carbocycles. The maximum atomic E-state index is 13.2. The van der Waals surface area contributed by atoms with Crippen LogP contribution < -0.4 is 4.90 Å². The molecular weight excluding hydrogens is 435 g/mol. The zero-order valence-electron chi connectivity index (χ0n) is 16.9. The number of pyridine rings is 1. The summed E-state index contributed by atoms with van der Waals surface area (Å²) in [6, 6.07) is 7.21. The minimum absolute atomic E-state index is 0.00593. The summed E-state index contributed by atoms with van der Waals surface area (Å²) in [5, 5.41) is 8.95. The number of piperazine rings is 1. The van der Waals surface area contributed by atoms with Gasteiger partial charge in [-0.15, -0.1) is 0 Å². The molecule has 0 amide bonds. The number of benzene rings is 1. The van der Waals surface area contributed by atoms with Crippen molar-refractivity contribution < 1.29 is 31.5 Å². The summed E-state index contributed by atoms with van der Waals surface area (Å²) < 4.78 is 66.1. The third kappa shape index (κ3) is 4.82. The zero-order chi connectivity index (χ0) is 23.0. The van der Waals surface area contributed by atoms with Crippen molar-refractivity contribution in [3.63, 3.8) is 0 Å². The minimum Gasteiger partial charge on any atom is -0.481 e. The summed E-state index contributed by atoms with van der Waals surface area (Å²) in [7, 11) is -3.89. The van der Waals surface area contributed by atoms with E-state index in [2.05, 4.69) is 4.98 Å². The first-order valence-corrected chi connectivity index (χ1v) is 11.0. The first-order valence-electron chi connectivity index (χ1n) is 9.53. The van der Waals surface area contributed by atoms with E-state index in [4.69, 9.17) is 5.11 Å². The van der Waals surface area contributed by atoms with Crippen molar-refractivity contribution in [1.82, 2.24) is 9.29 Å². The second kappa shape index (κ2) is 8.46. The smallest absolute Gasteiger partial charge is 0.417 e. The number of rotatable bonds is 5. The molecule has 0 radical (unpaired) electrons. The molecule has 1 aliphatic rings. The van der Waals surface area contributed by atoms with Gasteiger partial charge >= 0.3 is 12.1 Å². The Balaban J connectivity index is 1.82. The Labute approximate surface area is 178 Å². The van der Waals surface area contributed by atoms with Crippen LogP contribution in [0.5, 0.6) is 0 Å². The average Bonchev–Trinajstić information content (AvgIpc) is 2.69. The van der Waals surface area contributed by atoms with Crippen molar-refractivity contribution in [3.8, 4) is 0 Å². The molecule has 1 fully saturated rings. The Hall–Kier alpha value is -2.66. The van der Waals surface area contributed by atoms with Crippen molar-refractivity contribution in [2.75, 3.05) is 18.0 Å². The van der Waals surface area contributed by atoms with Gasteiger partial charge in [-0.05, 0) is 43.7 Å². The molecule has 2 aromatic rings. The molecule has 0 spiro atoms. The van der Waals surface area contributed by atoms with E-state index in [1.54, 1.807) is 24.8 Å². The highest BCUT2D eigenvalue weighted by Gasteiger charge is 2.39. The third-order valence-electron chi connectivity index (χ3n) is 5.44.